The summed E-state index contributed by atoms with van der Waals surface area (Å²) in [5.41, 5.74) is 0. The third kappa shape index (κ3) is 5.20. The first-order chi connectivity index (χ1) is 11.1. The molecular weight excluding hydrogens is 283 g/mol. The van der Waals surface area contributed by atoms with Gasteiger partial charge in [-0.25, -0.2) is 4.39 Å². The Morgan fingerprint density at radius 3 is 1.48 bits per heavy atom. The highest BCUT2D eigenvalue weighted by Crippen LogP contribution is 2.46. The molecule has 0 nitrogen and oxygen atoms in total. The topological polar surface area (TPSA) is 0 Å². The van der Waals surface area contributed by atoms with Gasteiger partial charge in [-0.15, -0.1) is 0 Å². The van der Waals surface area contributed by atoms with E-state index in [0.29, 0.717) is 17.8 Å². The van der Waals surface area contributed by atoms with Crippen molar-refractivity contribution < 1.29 is 4.39 Å². The Morgan fingerprint density at radius 1 is 0.565 bits per heavy atom. The van der Waals surface area contributed by atoms with E-state index in [1.165, 1.54) is 64.2 Å². The second-order valence-corrected chi connectivity index (χ2v) is 8.79. The zero-order chi connectivity index (χ0) is 16.8. The molecule has 3 saturated carbocycles. The molecule has 0 aromatic carbocycles. The standard InChI is InChI=1S/C20H35F.C2H6/c1-14-3-7-16(8-4-14)18-11-12-19(20(21)13-18)17-9-5-15(2)6-10-17;1-2/h14-20H,3-13H2,1-2H3;1-2H3. The molecule has 0 spiro atoms. The van der Waals surface area contributed by atoms with Gasteiger partial charge >= 0.3 is 0 Å². The molecular formula is C22H41F. The summed E-state index contributed by atoms with van der Waals surface area (Å²) in [7, 11) is 0. The summed E-state index contributed by atoms with van der Waals surface area (Å²) in [6, 6.07) is 0. The van der Waals surface area contributed by atoms with Crippen LogP contribution in [-0.2, 0) is 0 Å². The van der Waals surface area contributed by atoms with Crippen molar-refractivity contribution in [3.63, 3.8) is 0 Å². The van der Waals surface area contributed by atoms with Crippen LogP contribution in [0.25, 0.3) is 0 Å². The van der Waals surface area contributed by atoms with Gasteiger partial charge in [-0.05, 0) is 80.5 Å². The predicted molar refractivity (Wildman–Crippen MR) is 99.3 cm³/mol. The van der Waals surface area contributed by atoms with Crippen LogP contribution in [0.5, 0.6) is 0 Å². The molecule has 3 fully saturated rings. The Morgan fingerprint density at radius 2 is 1.00 bits per heavy atom. The quantitative estimate of drug-likeness (QED) is 0.495. The van der Waals surface area contributed by atoms with E-state index in [-0.39, 0.29) is 0 Å². The lowest BCUT2D eigenvalue weighted by atomic mass is 9.64. The molecule has 3 unspecified atom stereocenters. The molecule has 0 radical (unpaired) electrons. The zero-order valence-electron chi connectivity index (χ0n) is 16.2. The lowest BCUT2D eigenvalue weighted by molar-refractivity contribution is 0.0349. The van der Waals surface area contributed by atoms with E-state index in [2.05, 4.69) is 13.8 Å². The minimum Gasteiger partial charge on any atom is -0.247 e. The highest BCUT2D eigenvalue weighted by Gasteiger charge is 2.39. The van der Waals surface area contributed by atoms with E-state index in [0.717, 1.165) is 24.2 Å². The van der Waals surface area contributed by atoms with Gasteiger partial charge < -0.3 is 0 Å². The van der Waals surface area contributed by atoms with Crippen LogP contribution < -0.4 is 0 Å². The van der Waals surface area contributed by atoms with E-state index in [1.54, 1.807) is 0 Å². The second-order valence-electron chi connectivity index (χ2n) is 8.79. The molecule has 0 aliphatic heterocycles. The van der Waals surface area contributed by atoms with Crippen LogP contribution in [0.3, 0.4) is 0 Å². The smallest absolute Gasteiger partial charge is 0.103 e. The summed E-state index contributed by atoms with van der Waals surface area (Å²) >= 11 is 0. The minimum absolute atomic E-state index is 0.413. The molecule has 0 N–H and O–H groups in total. The largest absolute Gasteiger partial charge is 0.247 e. The van der Waals surface area contributed by atoms with Crippen molar-refractivity contribution in [1.29, 1.82) is 0 Å². The maximum absolute atomic E-state index is 14.8. The third-order valence-electron chi connectivity index (χ3n) is 7.26. The molecule has 3 atom stereocenters. The van der Waals surface area contributed by atoms with Crippen LogP contribution in [0.15, 0.2) is 0 Å². The molecule has 0 heterocycles. The number of alkyl halides is 1. The Balaban J connectivity index is 0.000000924. The van der Waals surface area contributed by atoms with Gasteiger partial charge in [-0.3, -0.25) is 0 Å². The van der Waals surface area contributed by atoms with Gasteiger partial charge in [0.2, 0.25) is 0 Å². The highest BCUT2D eigenvalue weighted by molar-refractivity contribution is 4.89. The van der Waals surface area contributed by atoms with Crippen molar-refractivity contribution in [3.8, 4) is 0 Å². The average Bonchev–Trinajstić information content (AvgIpc) is 2.58. The van der Waals surface area contributed by atoms with Crippen LogP contribution in [0.4, 0.5) is 4.39 Å². The third-order valence-corrected chi connectivity index (χ3v) is 7.26. The fourth-order valence-electron chi connectivity index (χ4n) is 5.60. The lowest BCUT2D eigenvalue weighted by Crippen LogP contribution is -2.36. The molecule has 0 amide bonds. The van der Waals surface area contributed by atoms with Crippen molar-refractivity contribution in [1.82, 2.24) is 0 Å². The number of hydrogen-bond donors (Lipinski definition) is 0. The van der Waals surface area contributed by atoms with Gasteiger partial charge in [-0.1, -0.05) is 53.4 Å². The molecule has 136 valence electrons. The Hall–Kier alpha value is -0.0700. The van der Waals surface area contributed by atoms with E-state index in [4.69, 9.17) is 0 Å². The van der Waals surface area contributed by atoms with E-state index in [9.17, 15) is 4.39 Å². The molecule has 0 bridgehead atoms. The molecule has 23 heavy (non-hydrogen) atoms. The van der Waals surface area contributed by atoms with Gasteiger partial charge in [-0.2, -0.15) is 0 Å². The van der Waals surface area contributed by atoms with Gasteiger partial charge in [0.25, 0.3) is 0 Å². The first-order valence-corrected chi connectivity index (χ1v) is 10.8. The second kappa shape index (κ2) is 9.42. The monoisotopic (exact) mass is 324 g/mol. The highest BCUT2D eigenvalue weighted by atomic mass is 19.1. The molecule has 0 saturated heterocycles. The van der Waals surface area contributed by atoms with Crippen LogP contribution in [-0.4, -0.2) is 6.17 Å². The molecule has 3 aliphatic rings. The molecule has 1 heteroatoms. The summed E-state index contributed by atoms with van der Waals surface area (Å²) in [4.78, 5) is 0. The summed E-state index contributed by atoms with van der Waals surface area (Å²) in [6.45, 7) is 8.75. The van der Waals surface area contributed by atoms with Crippen molar-refractivity contribution in [2.75, 3.05) is 0 Å². The summed E-state index contributed by atoms with van der Waals surface area (Å²) < 4.78 is 14.8. The summed E-state index contributed by atoms with van der Waals surface area (Å²) in [6.07, 6.45) is 13.8. The maximum atomic E-state index is 14.8. The first kappa shape index (κ1) is 19.3. The molecule has 3 rings (SSSR count). The lowest BCUT2D eigenvalue weighted by Gasteiger charge is -2.42. The normalized spacial score (nSPS) is 45.0. The van der Waals surface area contributed by atoms with Crippen molar-refractivity contribution >= 4 is 0 Å². The van der Waals surface area contributed by atoms with Crippen molar-refractivity contribution in [2.45, 2.75) is 104 Å². The fraction of sp³-hybridized carbons (Fsp3) is 1.00. The Bertz CT molecular complexity index is 310. The molecule has 0 aromatic heterocycles. The Kier molecular flexibility index (Phi) is 7.89. The summed E-state index contributed by atoms with van der Waals surface area (Å²) in [5, 5.41) is 0. The van der Waals surface area contributed by atoms with Gasteiger partial charge in [0.1, 0.15) is 6.17 Å². The zero-order valence-corrected chi connectivity index (χ0v) is 16.2. The van der Waals surface area contributed by atoms with Crippen LogP contribution in [0, 0.1) is 35.5 Å². The number of hydrogen-bond acceptors (Lipinski definition) is 0. The minimum atomic E-state index is -0.485. The predicted octanol–water partition coefficient (Wildman–Crippen LogP) is 7.42. The van der Waals surface area contributed by atoms with Crippen LogP contribution >= 0.6 is 0 Å². The number of halogens is 1. The maximum Gasteiger partial charge on any atom is 0.103 e. The van der Waals surface area contributed by atoms with Gasteiger partial charge in [0.15, 0.2) is 0 Å². The van der Waals surface area contributed by atoms with Crippen LogP contribution in [0.1, 0.15) is 98.3 Å². The first-order valence-electron chi connectivity index (χ1n) is 10.8. The Labute approximate surface area is 145 Å². The van der Waals surface area contributed by atoms with Gasteiger partial charge in [0.05, 0.1) is 0 Å². The van der Waals surface area contributed by atoms with E-state index < -0.39 is 6.17 Å². The average molecular weight is 325 g/mol. The fourth-order valence-corrected chi connectivity index (χ4v) is 5.60. The van der Waals surface area contributed by atoms with Crippen molar-refractivity contribution in [3.05, 3.63) is 0 Å². The SMILES string of the molecule is CC.CC1CCC(C2CCC(C3CCC(C)CC3)C(F)C2)CC1. The summed E-state index contributed by atoms with van der Waals surface area (Å²) in [5.74, 6) is 4.50. The van der Waals surface area contributed by atoms with E-state index in [1.807, 2.05) is 13.8 Å². The van der Waals surface area contributed by atoms with E-state index >= 15 is 0 Å². The molecule has 3 aliphatic carbocycles. The van der Waals surface area contributed by atoms with Gasteiger partial charge in [0, 0.05) is 0 Å². The number of rotatable bonds is 2. The van der Waals surface area contributed by atoms with Crippen LogP contribution in [0.2, 0.25) is 0 Å². The van der Waals surface area contributed by atoms with Crippen molar-refractivity contribution in [2.24, 2.45) is 35.5 Å². The molecule has 0 aromatic rings.